The second-order valence-electron chi connectivity index (χ2n) is 4.01. The van der Waals surface area contributed by atoms with E-state index in [1.54, 1.807) is 25.4 Å². The molecule has 1 aromatic heterocycles. The van der Waals surface area contributed by atoms with Crippen LogP contribution in [0.4, 0.5) is 5.69 Å². The van der Waals surface area contributed by atoms with Crippen molar-refractivity contribution < 1.29 is 4.74 Å². The highest BCUT2D eigenvalue weighted by Crippen LogP contribution is 2.25. The Labute approximate surface area is 112 Å². The van der Waals surface area contributed by atoms with Gasteiger partial charge in [-0.3, -0.25) is 0 Å². The minimum absolute atomic E-state index is 0.581. The summed E-state index contributed by atoms with van der Waals surface area (Å²) in [5.74, 6) is 1.63. The van der Waals surface area contributed by atoms with Gasteiger partial charge >= 0.3 is 0 Å². The second-order valence-corrected chi connectivity index (χ2v) is 4.01. The van der Waals surface area contributed by atoms with Crippen LogP contribution in [0.5, 0.6) is 5.75 Å². The SMILES string of the molecule is CCn1ccnc1CNc1ccc(C#N)cc1OC. The summed E-state index contributed by atoms with van der Waals surface area (Å²) in [5, 5.41) is 12.1. The number of imidazole rings is 1. The maximum absolute atomic E-state index is 8.86. The van der Waals surface area contributed by atoms with Crippen LogP contribution >= 0.6 is 0 Å². The average molecular weight is 256 g/mol. The molecule has 1 aromatic carbocycles. The van der Waals surface area contributed by atoms with Crippen molar-refractivity contribution in [3.05, 3.63) is 42.0 Å². The summed E-state index contributed by atoms with van der Waals surface area (Å²) in [7, 11) is 1.59. The number of hydrogen-bond acceptors (Lipinski definition) is 4. The van der Waals surface area contributed by atoms with Gasteiger partial charge in [0.25, 0.3) is 0 Å². The van der Waals surface area contributed by atoms with Crippen LogP contribution < -0.4 is 10.1 Å². The Kier molecular flexibility index (Phi) is 4.04. The molecule has 1 N–H and O–H groups in total. The van der Waals surface area contributed by atoms with E-state index in [9.17, 15) is 0 Å². The highest BCUT2D eigenvalue weighted by atomic mass is 16.5. The van der Waals surface area contributed by atoms with E-state index in [2.05, 4.69) is 27.9 Å². The summed E-state index contributed by atoms with van der Waals surface area (Å²) in [5.41, 5.74) is 1.43. The molecule has 0 saturated heterocycles. The number of methoxy groups -OCH3 is 1. The summed E-state index contributed by atoms with van der Waals surface area (Å²) in [6.07, 6.45) is 3.74. The molecule has 1 heterocycles. The Morgan fingerprint density at radius 1 is 1.47 bits per heavy atom. The average Bonchev–Trinajstić information content (AvgIpc) is 2.92. The van der Waals surface area contributed by atoms with Crippen molar-refractivity contribution in [2.75, 3.05) is 12.4 Å². The summed E-state index contributed by atoms with van der Waals surface area (Å²) in [6, 6.07) is 7.41. The van der Waals surface area contributed by atoms with Gasteiger partial charge in [-0.25, -0.2) is 4.98 Å². The number of ether oxygens (including phenoxy) is 1. The van der Waals surface area contributed by atoms with E-state index in [-0.39, 0.29) is 0 Å². The van der Waals surface area contributed by atoms with Crippen LogP contribution in [0, 0.1) is 11.3 Å². The Morgan fingerprint density at radius 2 is 2.32 bits per heavy atom. The van der Waals surface area contributed by atoms with Crippen molar-refractivity contribution in [1.82, 2.24) is 9.55 Å². The van der Waals surface area contributed by atoms with E-state index < -0.39 is 0 Å². The van der Waals surface area contributed by atoms with Gasteiger partial charge in [-0.05, 0) is 19.1 Å². The van der Waals surface area contributed by atoms with Crippen molar-refractivity contribution in [2.24, 2.45) is 0 Å². The number of hydrogen-bond donors (Lipinski definition) is 1. The Balaban J connectivity index is 2.13. The lowest BCUT2D eigenvalue weighted by Crippen LogP contribution is -2.08. The molecule has 98 valence electrons. The zero-order valence-electron chi connectivity index (χ0n) is 11.1. The molecule has 0 aliphatic carbocycles. The van der Waals surface area contributed by atoms with Gasteiger partial charge in [-0.15, -0.1) is 0 Å². The monoisotopic (exact) mass is 256 g/mol. The molecule has 0 radical (unpaired) electrons. The van der Waals surface area contributed by atoms with Gasteiger partial charge in [-0.2, -0.15) is 5.26 Å². The smallest absolute Gasteiger partial charge is 0.143 e. The van der Waals surface area contributed by atoms with Crippen LogP contribution in [0.1, 0.15) is 18.3 Å². The lowest BCUT2D eigenvalue weighted by Gasteiger charge is -2.11. The van der Waals surface area contributed by atoms with Crippen molar-refractivity contribution >= 4 is 5.69 Å². The van der Waals surface area contributed by atoms with Crippen LogP contribution in [0.25, 0.3) is 0 Å². The molecule has 0 bridgehead atoms. The lowest BCUT2D eigenvalue weighted by molar-refractivity contribution is 0.416. The summed E-state index contributed by atoms with van der Waals surface area (Å²) < 4.78 is 7.35. The van der Waals surface area contributed by atoms with Crippen LogP contribution in [-0.2, 0) is 13.1 Å². The van der Waals surface area contributed by atoms with Gasteiger partial charge in [0.1, 0.15) is 11.6 Å². The Bertz CT molecular complexity index is 598. The fraction of sp³-hybridized carbons (Fsp3) is 0.286. The molecule has 0 amide bonds. The first-order chi connectivity index (χ1) is 9.28. The van der Waals surface area contributed by atoms with Crippen LogP contribution in [0.3, 0.4) is 0 Å². The number of benzene rings is 1. The highest BCUT2D eigenvalue weighted by molar-refractivity contribution is 5.59. The summed E-state index contributed by atoms with van der Waals surface area (Å²) in [6.45, 7) is 3.58. The fourth-order valence-corrected chi connectivity index (χ4v) is 1.88. The molecule has 0 atom stereocenters. The molecule has 0 saturated carbocycles. The van der Waals surface area contributed by atoms with E-state index in [0.717, 1.165) is 18.1 Å². The highest BCUT2D eigenvalue weighted by Gasteiger charge is 2.06. The van der Waals surface area contributed by atoms with Gasteiger partial charge in [0, 0.05) is 25.0 Å². The van der Waals surface area contributed by atoms with Crippen LogP contribution in [0.15, 0.2) is 30.6 Å². The third kappa shape index (κ3) is 2.86. The van der Waals surface area contributed by atoms with Crippen molar-refractivity contribution in [3.8, 4) is 11.8 Å². The zero-order valence-corrected chi connectivity index (χ0v) is 11.1. The third-order valence-electron chi connectivity index (χ3n) is 2.91. The minimum Gasteiger partial charge on any atom is -0.495 e. The summed E-state index contributed by atoms with van der Waals surface area (Å²) >= 11 is 0. The molecule has 5 nitrogen and oxygen atoms in total. The van der Waals surface area contributed by atoms with Crippen molar-refractivity contribution in [2.45, 2.75) is 20.0 Å². The van der Waals surface area contributed by atoms with E-state index >= 15 is 0 Å². The largest absolute Gasteiger partial charge is 0.495 e. The molecule has 2 rings (SSSR count). The van der Waals surface area contributed by atoms with E-state index in [4.69, 9.17) is 10.00 Å². The quantitative estimate of drug-likeness (QED) is 0.892. The van der Waals surface area contributed by atoms with Crippen molar-refractivity contribution in [3.63, 3.8) is 0 Å². The minimum atomic E-state index is 0.581. The predicted molar refractivity (Wildman–Crippen MR) is 72.9 cm³/mol. The number of nitrogens with one attached hydrogen (secondary N) is 1. The molecule has 0 fully saturated rings. The fourth-order valence-electron chi connectivity index (χ4n) is 1.88. The summed E-state index contributed by atoms with van der Waals surface area (Å²) in [4.78, 5) is 4.30. The number of nitriles is 1. The first-order valence-corrected chi connectivity index (χ1v) is 6.10. The van der Waals surface area contributed by atoms with Gasteiger partial charge in [-0.1, -0.05) is 0 Å². The molecule has 0 spiro atoms. The number of aromatic nitrogens is 2. The molecule has 2 aromatic rings. The number of anilines is 1. The number of nitrogens with zero attached hydrogens (tertiary/aromatic N) is 3. The second kappa shape index (κ2) is 5.91. The predicted octanol–water partition coefficient (Wildman–Crippen LogP) is 2.40. The molecule has 0 aliphatic rings. The van der Waals surface area contributed by atoms with Gasteiger partial charge in [0.15, 0.2) is 0 Å². The molecular weight excluding hydrogens is 240 g/mol. The topological polar surface area (TPSA) is 62.9 Å². The number of aryl methyl sites for hydroxylation is 1. The van der Waals surface area contributed by atoms with Crippen LogP contribution in [-0.4, -0.2) is 16.7 Å². The molecule has 5 heteroatoms. The molecule has 0 aliphatic heterocycles. The van der Waals surface area contributed by atoms with Gasteiger partial charge in [0.2, 0.25) is 0 Å². The first-order valence-electron chi connectivity index (χ1n) is 6.10. The first kappa shape index (κ1) is 13.0. The third-order valence-corrected chi connectivity index (χ3v) is 2.91. The van der Waals surface area contributed by atoms with Gasteiger partial charge in [0.05, 0.1) is 31.0 Å². The maximum Gasteiger partial charge on any atom is 0.143 e. The maximum atomic E-state index is 8.86. The number of rotatable bonds is 5. The zero-order chi connectivity index (χ0) is 13.7. The molecule has 0 unspecified atom stereocenters. The Hall–Kier alpha value is -2.48. The standard InChI is InChI=1S/C14H16N4O/c1-3-18-7-6-16-14(18)10-17-12-5-4-11(9-15)8-13(12)19-2/h4-8,17H,3,10H2,1-2H3. The molecular formula is C14H16N4O. The van der Waals surface area contributed by atoms with E-state index in [1.165, 1.54) is 0 Å². The van der Waals surface area contributed by atoms with Gasteiger partial charge < -0.3 is 14.6 Å². The lowest BCUT2D eigenvalue weighted by atomic mass is 10.2. The normalized spacial score (nSPS) is 9.95. The van der Waals surface area contributed by atoms with E-state index in [1.807, 2.05) is 12.3 Å². The van der Waals surface area contributed by atoms with Crippen LogP contribution in [0.2, 0.25) is 0 Å². The molecule has 19 heavy (non-hydrogen) atoms. The Morgan fingerprint density at radius 3 is 3.00 bits per heavy atom. The van der Waals surface area contributed by atoms with Crippen molar-refractivity contribution in [1.29, 1.82) is 5.26 Å². The van der Waals surface area contributed by atoms with E-state index in [0.29, 0.717) is 17.9 Å².